The number of rotatable bonds is 1. The Kier molecular flexibility index (Phi) is 3.22. The average molecular weight is 232 g/mol. The van der Waals surface area contributed by atoms with Gasteiger partial charge in [0.1, 0.15) is 0 Å². The van der Waals surface area contributed by atoms with E-state index in [9.17, 15) is 0 Å². The van der Waals surface area contributed by atoms with E-state index in [2.05, 4.69) is 31.3 Å². The van der Waals surface area contributed by atoms with Gasteiger partial charge >= 0.3 is 0 Å². The molecule has 16 heavy (non-hydrogen) atoms. The second kappa shape index (κ2) is 4.48. The van der Waals surface area contributed by atoms with Crippen LogP contribution in [0.4, 0.5) is 0 Å². The van der Waals surface area contributed by atoms with Gasteiger partial charge in [-0.3, -0.25) is 0 Å². The van der Waals surface area contributed by atoms with Crippen molar-refractivity contribution in [1.82, 2.24) is 5.32 Å². The molecule has 2 nitrogen and oxygen atoms in total. The monoisotopic (exact) mass is 232 g/mol. The lowest BCUT2D eigenvalue weighted by Gasteiger charge is -2.37. The van der Waals surface area contributed by atoms with Crippen molar-refractivity contribution in [3.8, 4) is 6.07 Å². The van der Waals surface area contributed by atoms with Crippen LogP contribution >= 0.6 is 11.8 Å². The van der Waals surface area contributed by atoms with Crippen LogP contribution in [-0.2, 0) is 0 Å². The van der Waals surface area contributed by atoms with Crippen molar-refractivity contribution in [3.63, 3.8) is 0 Å². The van der Waals surface area contributed by atoms with Gasteiger partial charge in [-0.2, -0.15) is 17.0 Å². The van der Waals surface area contributed by atoms with E-state index in [0.717, 1.165) is 17.1 Å². The minimum absolute atomic E-state index is 0.177. The van der Waals surface area contributed by atoms with E-state index in [-0.39, 0.29) is 5.54 Å². The smallest absolute Gasteiger partial charge is 0.0991 e. The maximum absolute atomic E-state index is 8.89. The number of nitrogens with one attached hydrogen (secondary N) is 1. The largest absolute Gasteiger partial charge is 0.303 e. The summed E-state index contributed by atoms with van der Waals surface area (Å²) >= 11 is 1.97. The molecule has 1 heterocycles. The summed E-state index contributed by atoms with van der Waals surface area (Å²) in [6.45, 7) is 4.45. The van der Waals surface area contributed by atoms with Gasteiger partial charge in [0.25, 0.3) is 0 Å². The predicted octanol–water partition coefficient (Wildman–Crippen LogP) is 2.71. The van der Waals surface area contributed by atoms with Crippen molar-refractivity contribution < 1.29 is 0 Å². The Hall–Kier alpha value is -0.980. The zero-order valence-electron chi connectivity index (χ0n) is 9.66. The van der Waals surface area contributed by atoms with Crippen LogP contribution in [0.15, 0.2) is 24.3 Å². The first kappa shape index (κ1) is 11.5. The summed E-state index contributed by atoms with van der Waals surface area (Å²) in [5.74, 6) is 2.22. The van der Waals surface area contributed by atoms with Crippen LogP contribution in [0.1, 0.15) is 31.0 Å². The number of hydrogen-bond acceptors (Lipinski definition) is 3. The lowest BCUT2D eigenvalue weighted by atomic mass is 10.0. The maximum atomic E-state index is 8.89. The fourth-order valence-electron chi connectivity index (χ4n) is 1.99. The highest BCUT2D eigenvalue weighted by Gasteiger charge is 2.28. The molecular formula is C13H16N2S. The molecule has 1 fully saturated rings. The quantitative estimate of drug-likeness (QED) is 0.808. The summed E-state index contributed by atoms with van der Waals surface area (Å²) in [5.41, 5.74) is 2.14. The molecule has 84 valence electrons. The van der Waals surface area contributed by atoms with Crippen LogP contribution in [0, 0.1) is 11.3 Å². The topological polar surface area (TPSA) is 35.8 Å². The molecule has 0 saturated carbocycles. The minimum atomic E-state index is 0.177. The summed E-state index contributed by atoms with van der Waals surface area (Å²) in [7, 11) is 0. The number of nitriles is 1. The number of thioether (sulfide) groups is 1. The standard InChI is InChI=1S/C13H16N2S/c1-13(2)9-16-8-12(15-13)11-5-3-4-10(6-11)7-14/h3-6,12,15H,8-9H2,1-2H3. The molecule has 1 unspecified atom stereocenters. The average Bonchev–Trinajstić information content (AvgIpc) is 2.28. The molecule has 0 radical (unpaired) electrons. The first-order valence-corrected chi connectivity index (χ1v) is 6.62. The van der Waals surface area contributed by atoms with E-state index in [4.69, 9.17) is 5.26 Å². The van der Waals surface area contributed by atoms with E-state index in [1.54, 1.807) is 0 Å². The molecule has 1 aliphatic heterocycles. The Morgan fingerprint density at radius 1 is 1.50 bits per heavy atom. The molecule has 2 rings (SSSR count). The highest BCUT2D eigenvalue weighted by molar-refractivity contribution is 7.99. The van der Waals surface area contributed by atoms with Crippen molar-refractivity contribution in [3.05, 3.63) is 35.4 Å². The van der Waals surface area contributed by atoms with Gasteiger partial charge in [0.2, 0.25) is 0 Å². The fraction of sp³-hybridized carbons (Fsp3) is 0.462. The summed E-state index contributed by atoms with van der Waals surface area (Å²) in [6.07, 6.45) is 0. The van der Waals surface area contributed by atoms with Gasteiger partial charge in [0.15, 0.2) is 0 Å². The van der Waals surface area contributed by atoms with Crippen molar-refractivity contribution in [2.75, 3.05) is 11.5 Å². The summed E-state index contributed by atoms with van der Waals surface area (Å²) in [4.78, 5) is 0. The molecule has 1 aliphatic rings. The first-order valence-electron chi connectivity index (χ1n) is 5.46. The normalized spacial score (nSPS) is 23.7. The third-order valence-electron chi connectivity index (χ3n) is 2.73. The van der Waals surface area contributed by atoms with E-state index in [1.165, 1.54) is 5.56 Å². The molecule has 0 bridgehead atoms. The van der Waals surface area contributed by atoms with Gasteiger partial charge in [-0.15, -0.1) is 0 Å². The highest BCUT2D eigenvalue weighted by Crippen LogP contribution is 2.29. The predicted molar refractivity (Wildman–Crippen MR) is 68.4 cm³/mol. The Balaban J connectivity index is 2.21. The Bertz CT molecular complexity index is 420. The number of benzene rings is 1. The molecule has 1 N–H and O–H groups in total. The molecule has 1 saturated heterocycles. The summed E-state index contributed by atoms with van der Waals surface area (Å²) in [5, 5.41) is 12.5. The first-order chi connectivity index (χ1) is 7.61. The van der Waals surface area contributed by atoms with E-state index >= 15 is 0 Å². The Labute approximate surface area is 101 Å². The summed E-state index contributed by atoms with van der Waals surface area (Å²) in [6, 6.07) is 10.5. The summed E-state index contributed by atoms with van der Waals surface area (Å²) < 4.78 is 0. The molecule has 1 aromatic carbocycles. The van der Waals surface area contributed by atoms with Crippen LogP contribution in [0.5, 0.6) is 0 Å². The Morgan fingerprint density at radius 2 is 2.31 bits per heavy atom. The molecule has 1 aromatic rings. The zero-order valence-corrected chi connectivity index (χ0v) is 10.5. The van der Waals surface area contributed by atoms with Gasteiger partial charge in [0.05, 0.1) is 11.6 Å². The molecule has 0 amide bonds. The van der Waals surface area contributed by atoms with Gasteiger partial charge in [-0.25, -0.2) is 0 Å². The van der Waals surface area contributed by atoms with Crippen molar-refractivity contribution in [1.29, 1.82) is 5.26 Å². The second-order valence-corrected chi connectivity index (χ2v) is 5.86. The molecule has 1 atom stereocenters. The van der Waals surface area contributed by atoms with Crippen molar-refractivity contribution in [2.45, 2.75) is 25.4 Å². The van der Waals surface area contributed by atoms with Gasteiger partial charge in [0, 0.05) is 23.1 Å². The van der Waals surface area contributed by atoms with E-state index < -0.39 is 0 Å². The molecular weight excluding hydrogens is 216 g/mol. The van der Waals surface area contributed by atoms with Crippen LogP contribution in [0.2, 0.25) is 0 Å². The van der Waals surface area contributed by atoms with Crippen LogP contribution < -0.4 is 5.32 Å². The molecule has 3 heteroatoms. The van der Waals surface area contributed by atoms with Crippen LogP contribution in [0.25, 0.3) is 0 Å². The Morgan fingerprint density at radius 3 is 3.00 bits per heavy atom. The minimum Gasteiger partial charge on any atom is -0.303 e. The molecule has 0 spiro atoms. The van der Waals surface area contributed by atoms with E-state index in [0.29, 0.717) is 6.04 Å². The number of hydrogen-bond donors (Lipinski definition) is 1. The van der Waals surface area contributed by atoms with Gasteiger partial charge in [-0.1, -0.05) is 12.1 Å². The van der Waals surface area contributed by atoms with Crippen LogP contribution in [0.3, 0.4) is 0 Å². The van der Waals surface area contributed by atoms with Crippen molar-refractivity contribution in [2.24, 2.45) is 0 Å². The zero-order chi connectivity index (χ0) is 11.6. The lowest BCUT2D eigenvalue weighted by Crippen LogP contribution is -2.48. The third kappa shape index (κ3) is 2.58. The molecule has 0 aliphatic carbocycles. The lowest BCUT2D eigenvalue weighted by molar-refractivity contribution is 0.376. The highest BCUT2D eigenvalue weighted by atomic mass is 32.2. The fourth-order valence-corrected chi connectivity index (χ4v) is 3.21. The number of nitrogens with zero attached hydrogens (tertiary/aromatic N) is 1. The SMILES string of the molecule is CC1(C)CSCC(c2cccc(C#N)c2)N1. The van der Waals surface area contributed by atoms with Gasteiger partial charge in [-0.05, 0) is 31.5 Å². The van der Waals surface area contributed by atoms with Gasteiger partial charge < -0.3 is 5.32 Å². The van der Waals surface area contributed by atoms with Crippen molar-refractivity contribution >= 4 is 11.8 Å². The third-order valence-corrected chi connectivity index (χ3v) is 4.23. The van der Waals surface area contributed by atoms with Crippen LogP contribution in [-0.4, -0.2) is 17.0 Å². The maximum Gasteiger partial charge on any atom is 0.0991 e. The van der Waals surface area contributed by atoms with E-state index in [1.807, 2.05) is 30.0 Å². The second-order valence-electron chi connectivity index (χ2n) is 4.83. The molecule has 0 aromatic heterocycles.